The quantitative estimate of drug-likeness (QED) is 0.415. The second-order valence-electron chi connectivity index (χ2n) is 5.63. The van der Waals surface area contributed by atoms with E-state index in [1.165, 1.54) is 6.21 Å². The van der Waals surface area contributed by atoms with Crippen LogP contribution in [0, 0.1) is 6.92 Å². The van der Waals surface area contributed by atoms with E-state index in [1.807, 2.05) is 37.3 Å². The summed E-state index contributed by atoms with van der Waals surface area (Å²) in [5.41, 5.74) is 5.43. The average molecular weight is 412 g/mol. The van der Waals surface area contributed by atoms with Crippen LogP contribution in [0.2, 0.25) is 0 Å². The molecule has 0 amide bonds. The Bertz CT molecular complexity index is 915. The van der Waals surface area contributed by atoms with Crippen LogP contribution in [0.3, 0.4) is 0 Å². The summed E-state index contributed by atoms with van der Waals surface area (Å²) in [7, 11) is 0. The first-order chi connectivity index (χ1) is 12.6. The summed E-state index contributed by atoms with van der Waals surface area (Å²) in [6.07, 6.45) is 1.54. The number of aromatic hydroxyl groups is 1. The van der Waals surface area contributed by atoms with E-state index in [0.717, 1.165) is 15.7 Å². The Morgan fingerprint density at radius 1 is 1.12 bits per heavy atom. The van der Waals surface area contributed by atoms with Crippen LogP contribution in [0.15, 0.2) is 64.2 Å². The molecule has 3 rings (SSSR count). The van der Waals surface area contributed by atoms with E-state index in [4.69, 9.17) is 0 Å². The second kappa shape index (κ2) is 8.44. The summed E-state index contributed by atoms with van der Waals surface area (Å²) < 4.78 is 0.863. The molecule has 0 unspecified atom stereocenters. The lowest BCUT2D eigenvalue weighted by atomic mass is 10.2. The SMILES string of the molecule is Cc1cc(N/N=C\c2cc(Br)ccc2O)nc(NCc2ccccc2)n1. The number of aryl methyl sites for hydroxylation is 1. The number of benzene rings is 2. The zero-order valence-electron chi connectivity index (χ0n) is 14.1. The topological polar surface area (TPSA) is 82.4 Å². The van der Waals surface area contributed by atoms with Gasteiger partial charge in [0, 0.05) is 28.3 Å². The Morgan fingerprint density at radius 2 is 1.92 bits per heavy atom. The molecule has 0 aliphatic rings. The van der Waals surface area contributed by atoms with Gasteiger partial charge in [-0.1, -0.05) is 46.3 Å². The first-order valence-electron chi connectivity index (χ1n) is 8.01. The van der Waals surface area contributed by atoms with E-state index >= 15 is 0 Å². The van der Waals surface area contributed by atoms with Gasteiger partial charge in [0.05, 0.1) is 6.21 Å². The van der Waals surface area contributed by atoms with Gasteiger partial charge in [-0.2, -0.15) is 10.1 Å². The van der Waals surface area contributed by atoms with Crippen molar-refractivity contribution >= 4 is 33.9 Å². The van der Waals surface area contributed by atoms with Gasteiger partial charge in [0.25, 0.3) is 0 Å². The van der Waals surface area contributed by atoms with Crippen LogP contribution in [0.5, 0.6) is 5.75 Å². The number of hydrazone groups is 1. The monoisotopic (exact) mass is 411 g/mol. The molecule has 0 saturated carbocycles. The Kier molecular flexibility index (Phi) is 5.80. The van der Waals surface area contributed by atoms with E-state index in [1.54, 1.807) is 24.3 Å². The standard InChI is InChI=1S/C19H18BrN5O/c1-13-9-18(25-22-12-15-10-16(20)7-8-17(15)26)24-19(23-13)21-11-14-5-3-2-4-6-14/h2-10,12,26H,11H2,1H3,(H2,21,23,24,25)/b22-12-. The van der Waals surface area contributed by atoms with Crippen LogP contribution >= 0.6 is 15.9 Å². The highest BCUT2D eigenvalue weighted by molar-refractivity contribution is 9.10. The molecule has 132 valence electrons. The Morgan fingerprint density at radius 3 is 2.73 bits per heavy atom. The Balaban J connectivity index is 1.67. The highest BCUT2D eigenvalue weighted by Crippen LogP contribution is 2.20. The van der Waals surface area contributed by atoms with Crippen molar-refractivity contribution in [2.75, 3.05) is 10.7 Å². The maximum atomic E-state index is 9.82. The molecule has 0 spiro atoms. The van der Waals surface area contributed by atoms with Crippen LogP contribution in [-0.4, -0.2) is 21.3 Å². The number of hydrogen-bond donors (Lipinski definition) is 3. The highest BCUT2D eigenvalue weighted by Gasteiger charge is 2.02. The number of anilines is 2. The van der Waals surface area contributed by atoms with Gasteiger partial charge in [-0.3, -0.25) is 5.43 Å². The fourth-order valence-corrected chi connectivity index (χ4v) is 2.66. The van der Waals surface area contributed by atoms with Gasteiger partial charge in [0.15, 0.2) is 5.82 Å². The number of rotatable bonds is 6. The lowest BCUT2D eigenvalue weighted by Gasteiger charge is -2.08. The third-order valence-corrected chi connectivity index (χ3v) is 4.01. The summed E-state index contributed by atoms with van der Waals surface area (Å²) in [4.78, 5) is 8.78. The van der Waals surface area contributed by atoms with Crippen molar-refractivity contribution in [2.45, 2.75) is 13.5 Å². The second-order valence-corrected chi connectivity index (χ2v) is 6.55. The van der Waals surface area contributed by atoms with Crippen LogP contribution in [-0.2, 0) is 6.54 Å². The molecule has 0 bridgehead atoms. The minimum absolute atomic E-state index is 0.155. The molecule has 0 radical (unpaired) electrons. The number of halogens is 1. The molecule has 1 aromatic heterocycles. The summed E-state index contributed by atoms with van der Waals surface area (Å²) in [5, 5.41) is 17.2. The van der Waals surface area contributed by atoms with E-state index in [-0.39, 0.29) is 5.75 Å². The van der Waals surface area contributed by atoms with Crippen LogP contribution in [0.4, 0.5) is 11.8 Å². The third kappa shape index (κ3) is 5.03. The van der Waals surface area contributed by atoms with Crippen molar-refractivity contribution in [1.82, 2.24) is 9.97 Å². The third-order valence-electron chi connectivity index (χ3n) is 3.52. The molecule has 26 heavy (non-hydrogen) atoms. The number of aromatic nitrogens is 2. The number of phenols is 1. The van der Waals surface area contributed by atoms with Crippen LogP contribution in [0.1, 0.15) is 16.8 Å². The maximum Gasteiger partial charge on any atom is 0.225 e. The molecule has 0 fully saturated rings. The van der Waals surface area contributed by atoms with Crippen molar-refractivity contribution < 1.29 is 5.11 Å². The highest BCUT2D eigenvalue weighted by atomic mass is 79.9. The zero-order valence-corrected chi connectivity index (χ0v) is 15.7. The normalized spacial score (nSPS) is 10.8. The minimum atomic E-state index is 0.155. The van der Waals surface area contributed by atoms with E-state index in [0.29, 0.717) is 23.9 Å². The number of nitrogens with zero attached hydrogens (tertiary/aromatic N) is 3. The van der Waals surface area contributed by atoms with Crippen molar-refractivity contribution in [1.29, 1.82) is 0 Å². The van der Waals surface area contributed by atoms with Gasteiger partial charge in [0.2, 0.25) is 5.95 Å². The minimum Gasteiger partial charge on any atom is -0.507 e. The molecule has 0 aliphatic carbocycles. The van der Waals surface area contributed by atoms with Gasteiger partial charge in [-0.05, 0) is 30.7 Å². The smallest absolute Gasteiger partial charge is 0.225 e. The van der Waals surface area contributed by atoms with Gasteiger partial charge < -0.3 is 10.4 Å². The number of phenolic OH excluding ortho intramolecular Hbond substituents is 1. The zero-order chi connectivity index (χ0) is 18.4. The first kappa shape index (κ1) is 17.9. The van der Waals surface area contributed by atoms with E-state index < -0.39 is 0 Å². The molecule has 2 aromatic carbocycles. The molecule has 0 saturated heterocycles. The predicted molar refractivity (Wildman–Crippen MR) is 108 cm³/mol. The summed E-state index contributed by atoms with van der Waals surface area (Å²) in [5.74, 6) is 1.25. The largest absolute Gasteiger partial charge is 0.507 e. The fraction of sp³-hybridized carbons (Fsp3) is 0.105. The van der Waals surface area contributed by atoms with Gasteiger partial charge in [-0.15, -0.1) is 0 Å². The molecule has 0 atom stereocenters. The Hall–Kier alpha value is -2.93. The van der Waals surface area contributed by atoms with E-state index in [9.17, 15) is 5.11 Å². The molecule has 7 heteroatoms. The van der Waals surface area contributed by atoms with E-state index in [2.05, 4.69) is 41.7 Å². The molecular formula is C19H18BrN5O. The summed E-state index contributed by atoms with van der Waals surface area (Å²) in [6, 6.07) is 17.0. The molecule has 0 aliphatic heterocycles. The molecule has 3 N–H and O–H groups in total. The summed E-state index contributed by atoms with van der Waals surface area (Å²) in [6.45, 7) is 2.53. The lowest BCUT2D eigenvalue weighted by Crippen LogP contribution is -2.06. The van der Waals surface area contributed by atoms with Gasteiger partial charge in [-0.25, -0.2) is 4.98 Å². The molecule has 6 nitrogen and oxygen atoms in total. The number of hydrogen-bond acceptors (Lipinski definition) is 6. The van der Waals surface area contributed by atoms with Gasteiger partial charge >= 0.3 is 0 Å². The predicted octanol–water partition coefficient (Wildman–Crippen LogP) is 4.31. The first-order valence-corrected chi connectivity index (χ1v) is 8.80. The van der Waals surface area contributed by atoms with Crippen molar-refractivity contribution in [3.63, 3.8) is 0 Å². The molecular weight excluding hydrogens is 394 g/mol. The lowest BCUT2D eigenvalue weighted by molar-refractivity contribution is 0.474. The molecule has 3 aromatic rings. The van der Waals surface area contributed by atoms with Crippen molar-refractivity contribution in [3.8, 4) is 5.75 Å². The van der Waals surface area contributed by atoms with Gasteiger partial charge in [0.1, 0.15) is 5.75 Å². The number of nitrogens with one attached hydrogen (secondary N) is 2. The average Bonchev–Trinajstić information content (AvgIpc) is 2.63. The Labute approximate surface area is 160 Å². The van der Waals surface area contributed by atoms with Crippen molar-refractivity contribution in [3.05, 3.63) is 75.9 Å². The summed E-state index contributed by atoms with van der Waals surface area (Å²) >= 11 is 3.37. The maximum absolute atomic E-state index is 9.82. The molecule has 1 heterocycles. The van der Waals surface area contributed by atoms with Crippen molar-refractivity contribution in [2.24, 2.45) is 5.10 Å². The fourth-order valence-electron chi connectivity index (χ4n) is 2.28. The van der Waals surface area contributed by atoms with Crippen LogP contribution in [0.25, 0.3) is 0 Å². The van der Waals surface area contributed by atoms with Crippen LogP contribution < -0.4 is 10.7 Å².